The maximum atomic E-state index is 3.78. The number of hydrogen-bond acceptors (Lipinski definition) is 2. The van der Waals surface area contributed by atoms with Gasteiger partial charge in [0.1, 0.15) is 6.20 Å². The molecule has 0 saturated carbocycles. The summed E-state index contributed by atoms with van der Waals surface area (Å²) in [6, 6.07) is 0. The lowest BCUT2D eigenvalue weighted by molar-refractivity contribution is -0.000000952. The zero-order chi connectivity index (χ0) is 3.54. The van der Waals surface area contributed by atoms with Crippen LogP contribution in [-0.2, 0) is 0 Å². The summed E-state index contributed by atoms with van der Waals surface area (Å²) in [6.45, 7) is 0. The average Bonchev–Trinajstić information content (AvgIpc) is 1.76. The molecule has 0 radical (unpaired) electrons. The number of rotatable bonds is 0. The van der Waals surface area contributed by atoms with Crippen molar-refractivity contribution in [3.05, 3.63) is 11.6 Å². The van der Waals surface area contributed by atoms with Crippen molar-refractivity contribution in [2.45, 2.75) is 0 Å². The Hall–Kier alpha value is 0.270. The van der Waals surface area contributed by atoms with E-state index in [0.29, 0.717) is 0 Å². The van der Waals surface area contributed by atoms with E-state index in [0.717, 1.165) is 0 Å². The van der Waals surface area contributed by atoms with E-state index in [-0.39, 0.29) is 12.4 Å². The Kier molecular flexibility index (Phi) is 3.62. The van der Waals surface area contributed by atoms with Gasteiger partial charge in [-0.1, -0.05) is 0 Å². The van der Waals surface area contributed by atoms with Crippen molar-refractivity contribution in [3.8, 4) is 0 Å². The topological polar surface area (TPSA) is 12.9 Å². The lowest BCUT2D eigenvalue weighted by Gasteiger charge is -1.28. The molecule has 0 fully saturated rings. The van der Waals surface area contributed by atoms with E-state index in [4.69, 9.17) is 0 Å². The van der Waals surface area contributed by atoms with Crippen LogP contribution in [0.4, 0.5) is 0 Å². The van der Waals surface area contributed by atoms with Crippen molar-refractivity contribution in [3.63, 3.8) is 0 Å². The van der Waals surface area contributed by atoms with Crippen LogP contribution in [-0.4, -0.2) is 4.37 Å². The molecule has 0 aromatic carbocycles. The molecule has 4 heteroatoms. The second kappa shape index (κ2) is 3.46. The van der Waals surface area contributed by atoms with Gasteiger partial charge in [0.25, 0.3) is 10.5 Å². The monoisotopic (exact) mass is 139 g/mol. The Bertz CT molecular complexity index is 68.0. The summed E-state index contributed by atoms with van der Waals surface area (Å²) in [6.07, 6.45) is 1.79. The molecule has 1 nitrogen and oxygen atoms in total. The third kappa shape index (κ3) is 1.64. The molecular weight excluding hydrogens is 138 g/mol. The number of nitrogens with zero attached hydrogens (tertiary/aromatic N) is 1. The van der Waals surface area contributed by atoms with E-state index in [1.165, 1.54) is 10.5 Å². The zero-order valence-corrected chi connectivity index (χ0v) is 5.19. The SMILES string of the molecule is [Cl-].c1c[s+]sn1. The highest BCUT2D eigenvalue weighted by molar-refractivity contribution is 7.66. The molecule has 0 aliphatic carbocycles. The van der Waals surface area contributed by atoms with Crippen LogP contribution in [0, 0.1) is 0 Å². The molecule has 0 atom stereocenters. The van der Waals surface area contributed by atoms with Crippen molar-refractivity contribution >= 4 is 20.9 Å². The zero-order valence-electron chi connectivity index (χ0n) is 2.80. The summed E-state index contributed by atoms with van der Waals surface area (Å²) in [5.74, 6) is 0. The molecule has 0 bridgehead atoms. The van der Waals surface area contributed by atoms with E-state index >= 15 is 0 Å². The van der Waals surface area contributed by atoms with E-state index in [9.17, 15) is 0 Å². The van der Waals surface area contributed by atoms with Crippen LogP contribution < -0.4 is 12.4 Å². The maximum Gasteiger partial charge on any atom is 0.314 e. The smallest absolute Gasteiger partial charge is 0.314 e. The van der Waals surface area contributed by atoms with Gasteiger partial charge in [-0.25, -0.2) is 0 Å². The molecule has 0 N–H and O–H groups in total. The lowest BCUT2D eigenvalue weighted by Crippen LogP contribution is -3.00. The number of aromatic nitrogens is 1. The van der Waals surface area contributed by atoms with Gasteiger partial charge in [-0.05, 0) is 0 Å². The van der Waals surface area contributed by atoms with Gasteiger partial charge in [-0.3, -0.25) is 0 Å². The highest BCUT2D eigenvalue weighted by Gasteiger charge is 1.81. The Morgan fingerprint density at radius 1 is 1.67 bits per heavy atom. The van der Waals surface area contributed by atoms with Crippen LogP contribution in [0.5, 0.6) is 0 Å². The molecule has 1 aromatic heterocycles. The normalized spacial score (nSPS) is 6.67. The van der Waals surface area contributed by atoms with Crippen molar-refractivity contribution < 1.29 is 12.4 Å². The molecule has 34 valence electrons. The minimum Gasteiger partial charge on any atom is -1.00 e. The first-order chi connectivity index (χ1) is 2.50. The Labute approximate surface area is 49.6 Å². The molecule has 1 heterocycles. The quantitative estimate of drug-likeness (QED) is 0.315. The van der Waals surface area contributed by atoms with Crippen LogP contribution in [0.3, 0.4) is 0 Å². The van der Waals surface area contributed by atoms with Gasteiger partial charge in [0, 0.05) is 0 Å². The summed E-state index contributed by atoms with van der Waals surface area (Å²) < 4.78 is 3.78. The van der Waals surface area contributed by atoms with Gasteiger partial charge in [0.2, 0.25) is 5.38 Å². The first-order valence-electron chi connectivity index (χ1n) is 1.18. The maximum absolute atomic E-state index is 3.78. The van der Waals surface area contributed by atoms with Gasteiger partial charge in [0.15, 0.2) is 0 Å². The first-order valence-corrected chi connectivity index (χ1v) is 3.35. The Morgan fingerprint density at radius 2 is 2.50 bits per heavy atom. The predicted molar refractivity (Wildman–Crippen MR) is 24.4 cm³/mol. The fourth-order valence-corrected chi connectivity index (χ4v) is 1.12. The fraction of sp³-hybridized carbons (Fsp3) is 0. The van der Waals surface area contributed by atoms with Gasteiger partial charge in [-0.2, -0.15) is 0 Å². The van der Waals surface area contributed by atoms with Crippen LogP contribution in [0.2, 0.25) is 0 Å². The van der Waals surface area contributed by atoms with Crippen molar-refractivity contribution in [1.82, 2.24) is 4.37 Å². The molecule has 1 aromatic rings. The largest absolute Gasteiger partial charge is 1.00 e. The van der Waals surface area contributed by atoms with E-state index in [1.807, 2.05) is 5.38 Å². The van der Waals surface area contributed by atoms with E-state index < -0.39 is 0 Å². The third-order valence-corrected chi connectivity index (χ3v) is 1.64. The summed E-state index contributed by atoms with van der Waals surface area (Å²) in [5, 5.41) is 1.95. The number of halogens is 1. The van der Waals surface area contributed by atoms with Crippen molar-refractivity contribution in [2.24, 2.45) is 0 Å². The minimum atomic E-state index is 0. The molecule has 0 aliphatic heterocycles. The molecular formula is C2H2ClNS2. The van der Waals surface area contributed by atoms with E-state index in [2.05, 4.69) is 4.37 Å². The second-order valence-corrected chi connectivity index (χ2v) is 2.41. The molecule has 1 rings (SSSR count). The van der Waals surface area contributed by atoms with Gasteiger partial charge in [0.05, 0.1) is 0 Å². The highest BCUT2D eigenvalue weighted by atomic mass is 35.5. The average molecular weight is 140 g/mol. The van der Waals surface area contributed by atoms with Crippen LogP contribution in [0.25, 0.3) is 0 Å². The van der Waals surface area contributed by atoms with Crippen LogP contribution >= 0.6 is 20.9 Å². The first kappa shape index (κ1) is 6.27. The summed E-state index contributed by atoms with van der Waals surface area (Å²) in [5.41, 5.74) is 0. The van der Waals surface area contributed by atoms with Gasteiger partial charge < -0.3 is 12.4 Å². The van der Waals surface area contributed by atoms with Crippen molar-refractivity contribution in [1.29, 1.82) is 0 Å². The predicted octanol–water partition coefficient (Wildman–Crippen LogP) is -1.51. The summed E-state index contributed by atoms with van der Waals surface area (Å²) in [7, 11) is 3.15. The lowest BCUT2D eigenvalue weighted by atomic mass is 11.1. The van der Waals surface area contributed by atoms with Crippen LogP contribution in [0.1, 0.15) is 0 Å². The number of hydrogen-bond donors (Lipinski definition) is 0. The molecule has 0 saturated heterocycles. The van der Waals surface area contributed by atoms with Crippen molar-refractivity contribution in [2.75, 3.05) is 0 Å². The fourth-order valence-electron chi connectivity index (χ4n) is 0.124. The molecule has 6 heavy (non-hydrogen) atoms. The third-order valence-electron chi connectivity index (χ3n) is 0.263. The van der Waals surface area contributed by atoms with Gasteiger partial charge in [-0.15, -0.1) is 4.37 Å². The highest BCUT2D eigenvalue weighted by Crippen LogP contribution is 1.97. The minimum absolute atomic E-state index is 0. The van der Waals surface area contributed by atoms with Gasteiger partial charge >= 0.3 is 10.3 Å². The molecule has 0 aliphatic rings. The molecule has 0 amide bonds. The molecule has 0 spiro atoms. The van der Waals surface area contributed by atoms with E-state index in [1.54, 1.807) is 16.5 Å². The molecule has 0 unspecified atom stereocenters. The van der Waals surface area contributed by atoms with Crippen LogP contribution in [0.15, 0.2) is 11.6 Å². The summed E-state index contributed by atoms with van der Waals surface area (Å²) >= 11 is 0. The standard InChI is InChI=1S/C2H2NS2.ClH/c1-2-4-5-3-1;/h1-2H;1H/q+1;/p-1. The summed E-state index contributed by atoms with van der Waals surface area (Å²) in [4.78, 5) is 0. The Balaban J connectivity index is 0.000000250. The Morgan fingerprint density at radius 3 is 2.67 bits per heavy atom. The second-order valence-electron chi connectivity index (χ2n) is 0.561.